The van der Waals surface area contributed by atoms with E-state index in [9.17, 15) is 9.59 Å². The maximum Gasteiger partial charge on any atom is 0.241 e. The normalized spacial score (nSPS) is 11.9. The SMILES string of the molecule is Cc1ccc(-n2cnnn2)cc1NC(=O)C(N)CC(N)=O. The Bertz CT molecular complexity index is 654. The van der Waals surface area contributed by atoms with Gasteiger partial charge in [0.25, 0.3) is 0 Å². The highest BCUT2D eigenvalue weighted by Crippen LogP contribution is 2.19. The molecule has 0 spiro atoms. The van der Waals surface area contributed by atoms with Crippen molar-refractivity contribution in [2.45, 2.75) is 19.4 Å². The molecule has 1 aromatic carbocycles. The van der Waals surface area contributed by atoms with Crippen molar-refractivity contribution in [3.05, 3.63) is 30.1 Å². The molecule has 0 radical (unpaired) electrons. The Morgan fingerprint density at radius 3 is 2.81 bits per heavy atom. The summed E-state index contributed by atoms with van der Waals surface area (Å²) in [6.07, 6.45) is 1.23. The molecule has 21 heavy (non-hydrogen) atoms. The van der Waals surface area contributed by atoms with Crippen LogP contribution in [0.4, 0.5) is 5.69 Å². The molecule has 0 aliphatic carbocycles. The Kier molecular flexibility index (Phi) is 4.24. The third-order valence-corrected chi connectivity index (χ3v) is 2.85. The number of benzene rings is 1. The van der Waals surface area contributed by atoms with Crippen molar-refractivity contribution in [1.29, 1.82) is 0 Å². The van der Waals surface area contributed by atoms with Crippen molar-refractivity contribution in [3.63, 3.8) is 0 Å². The number of nitrogens with zero attached hydrogens (tertiary/aromatic N) is 4. The monoisotopic (exact) mass is 289 g/mol. The highest BCUT2D eigenvalue weighted by atomic mass is 16.2. The Balaban J connectivity index is 2.18. The second-order valence-electron chi connectivity index (χ2n) is 4.52. The summed E-state index contributed by atoms with van der Waals surface area (Å²) >= 11 is 0. The van der Waals surface area contributed by atoms with Gasteiger partial charge in [-0.05, 0) is 35.0 Å². The third-order valence-electron chi connectivity index (χ3n) is 2.85. The van der Waals surface area contributed by atoms with E-state index in [4.69, 9.17) is 11.5 Å². The lowest BCUT2D eigenvalue weighted by Gasteiger charge is -2.13. The van der Waals surface area contributed by atoms with Gasteiger partial charge in [0.1, 0.15) is 6.33 Å². The number of carbonyl (C=O) groups excluding carboxylic acids is 2. The summed E-state index contributed by atoms with van der Waals surface area (Å²) < 4.78 is 1.46. The molecule has 0 saturated heterocycles. The van der Waals surface area contributed by atoms with Gasteiger partial charge in [-0.25, -0.2) is 4.68 Å². The maximum atomic E-state index is 11.9. The van der Waals surface area contributed by atoms with E-state index >= 15 is 0 Å². The van der Waals surface area contributed by atoms with Crippen LogP contribution in [0, 0.1) is 6.92 Å². The van der Waals surface area contributed by atoms with Crippen LogP contribution in [0.3, 0.4) is 0 Å². The Morgan fingerprint density at radius 1 is 1.43 bits per heavy atom. The predicted octanol–water partition coefficient (Wildman–Crippen LogP) is -0.888. The molecule has 2 rings (SSSR count). The van der Waals surface area contributed by atoms with E-state index in [1.807, 2.05) is 19.1 Å². The van der Waals surface area contributed by atoms with Gasteiger partial charge >= 0.3 is 0 Å². The van der Waals surface area contributed by atoms with Crippen LogP contribution in [0.25, 0.3) is 5.69 Å². The summed E-state index contributed by atoms with van der Waals surface area (Å²) in [5, 5.41) is 13.5. The lowest BCUT2D eigenvalue weighted by Crippen LogP contribution is -2.39. The fourth-order valence-corrected chi connectivity index (χ4v) is 1.70. The predicted molar refractivity (Wildman–Crippen MR) is 74.3 cm³/mol. The fourth-order valence-electron chi connectivity index (χ4n) is 1.70. The van der Waals surface area contributed by atoms with Crippen molar-refractivity contribution in [1.82, 2.24) is 20.2 Å². The molecule has 9 nitrogen and oxygen atoms in total. The number of hydrogen-bond donors (Lipinski definition) is 3. The van der Waals surface area contributed by atoms with E-state index in [1.54, 1.807) is 6.07 Å². The van der Waals surface area contributed by atoms with E-state index in [2.05, 4.69) is 20.8 Å². The number of nitrogens with two attached hydrogens (primary N) is 2. The van der Waals surface area contributed by atoms with Crippen molar-refractivity contribution >= 4 is 17.5 Å². The summed E-state index contributed by atoms with van der Waals surface area (Å²) in [6.45, 7) is 1.83. The Hall–Kier alpha value is -2.81. The molecule has 110 valence electrons. The number of hydrogen-bond acceptors (Lipinski definition) is 6. The number of aromatic nitrogens is 4. The largest absolute Gasteiger partial charge is 0.370 e. The van der Waals surface area contributed by atoms with Crippen LogP contribution in [-0.4, -0.2) is 38.1 Å². The Morgan fingerprint density at radius 2 is 2.19 bits per heavy atom. The number of rotatable bonds is 5. The molecule has 5 N–H and O–H groups in total. The fraction of sp³-hybridized carbons (Fsp3) is 0.250. The number of amides is 2. The van der Waals surface area contributed by atoms with Gasteiger partial charge in [-0.1, -0.05) is 6.07 Å². The summed E-state index contributed by atoms with van der Waals surface area (Å²) in [7, 11) is 0. The zero-order chi connectivity index (χ0) is 15.4. The highest BCUT2D eigenvalue weighted by Gasteiger charge is 2.17. The molecular formula is C12H15N7O2. The highest BCUT2D eigenvalue weighted by molar-refractivity contribution is 5.97. The van der Waals surface area contributed by atoms with Gasteiger partial charge in [-0.3, -0.25) is 9.59 Å². The van der Waals surface area contributed by atoms with Gasteiger partial charge in [-0.2, -0.15) is 0 Å². The van der Waals surface area contributed by atoms with E-state index < -0.39 is 17.9 Å². The molecule has 2 amide bonds. The molecule has 9 heteroatoms. The average molecular weight is 289 g/mol. The van der Waals surface area contributed by atoms with Crippen LogP contribution < -0.4 is 16.8 Å². The van der Waals surface area contributed by atoms with Crippen molar-refractivity contribution in [3.8, 4) is 5.69 Å². The molecule has 0 aliphatic rings. The minimum absolute atomic E-state index is 0.211. The third kappa shape index (κ3) is 3.60. The zero-order valence-corrected chi connectivity index (χ0v) is 11.4. The summed E-state index contributed by atoms with van der Waals surface area (Å²) in [6, 6.07) is 4.34. The first-order valence-electron chi connectivity index (χ1n) is 6.16. The number of aryl methyl sites for hydroxylation is 1. The maximum absolute atomic E-state index is 11.9. The van der Waals surface area contributed by atoms with Crippen LogP contribution in [0.5, 0.6) is 0 Å². The number of carbonyl (C=O) groups is 2. The standard InChI is InChI=1S/C12H15N7O2/c1-7-2-3-8(19-6-15-17-18-19)4-10(7)16-12(21)9(13)5-11(14)20/h2-4,6,9H,5,13H2,1H3,(H2,14,20)(H,16,21). The Labute approximate surface area is 120 Å². The summed E-state index contributed by atoms with van der Waals surface area (Å²) in [5.41, 5.74) is 12.7. The van der Waals surface area contributed by atoms with E-state index in [1.165, 1.54) is 11.0 Å². The second-order valence-corrected chi connectivity index (χ2v) is 4.52. The molecule has 0 saturated carbocycles. The van der Waals surface area contributed by atoms with Gasteiger partial charge in [0.15, 0.2) is 0 Å². The van der Waals surface area contributed by atoms with Crippen LogP contribution in [-0.2, 0) is 9.59 Å². The molecule has 2 aromatic rings. The summed E-state index contributed by atoms with van der Waals surface area (Å²) in [5.74, 6) is -1.11. The molecule has 0 fully saturated rings. The average Bonchev–Trinajstić information content (AvgIpc) is 2.94. The molecule has 0 bridgehead atoms. The van der Waals surface area contributed by atoms with Gasteiger partial charge < -0.3 is 16.8 Å². The van der Waals surface area contributed by atoms with Crippen LogP contribution >= 0.6 is 0 Å². The van der Waals surface area contributed by atoms with E-state index in [0.717, 1.165) is 5.56 Å². The van der Waals surface area contributed by atoms with Gasteiger partial charge in [0, 0.05) is 5.69 Å². The number of primary amides is 1. The van der Waals surface area contributed by atoms with Crippen molar-refractivity contribution in [2.75, 3.05) is 5.32 Å². The topological polar surface area (TPSA) is 142 Å². The first-order valence-corrected chi connectivity index (χ1v) is 6.16. The van der Waals surface area contributed by atoms with Crippen molar-refractivity contribution in [2.24, 2.45) is 11.5 Å². The molecule has 1 atom stereocenters. The van der Waals surface area contributed by atoms with Gasteiger partial charge in [0.2, 0.25) is 11.8 Å². The number of nitrogens with one attached hydrogen (secondary N) is 1. The van der Waals surface area contributed by atoms with Crippen LogP contribution in [0.15, 0.2) is 24.5 Å². The smallest absolute Gasteiger partial charge is 0.241 e. The number of tetrazole rings is 1. The number of anilines is 1. The van der Waals surface area contributed by atoms with Gasteiger partial charge in [-0.15, -0.1) is 5.10 Å². The zero-order valence-electron chi connectivity index (χ0n) is 11.4. The van der Waals surface area contributed by atoms with E-state index in [0.29, 0.717) is 11.4 Å². The minimum Gasteiger partial charge on any atom is -0.370 e. The molecule has 0 aliphatic heterocycles. The molecule has 1 unspecified atom stereocenters. The van der Waals surface area contributed by atoms with Crippen LogP contribution in [0.2, 0.25) is 0 Å². The second kappa shape index (κ2) is 6.09. The lowest BCUT2D eigenvalue weighted by molar-refractivity contribution is -0.123. The first kappa shape index (κ1) is 14.6. The van der Waals surface area contributed by atoms with E-state index in [-0.39, 0.29) is 6.42 Å². The van der Waals surface area contributed by atoms with Crippen LogP contribution in [0.1, 0.15) is 12.0 Å². The van der Waals surface area contributed by atoms with Gasteiger partial charge in [0.05, 0.1) is 18.2 Å². The van der Waals surface area contributed by atoms with Crippen molar-refractivity contribution < 1.29 is 9.59 Å². The lowest BCUT2D eigenvalue weighted by atomic mass is 10.1. The quantitative estimate of drug-likeness (QED) is 0.652. The molecule has 1 aromatic heterocycles. The molecular weight excluding hydrogens is 274 g/mol. The minimum atomic E-state index is -0.987. The molecule has 1 heterocycles. The first-order chi connectivity index (χ1) is 9.97. The summed E-state index contributed by atoms with van der Waals surface area (Å²) in [4.78, 5) is 22.7.